The molecule has 0 unspecified atom stereocenters. The van der Waals surface area contributed by atoms with E-state index in [1.165, 1.54) is 0 Å². The summed E-state index contributed by atoms with van der Waals surface area (Å²) in [6.07, 6.45) is 1.08. The maximum Gasteiger partial charge on any atom is 0.305 e. The molecule has 0 aromatic heterocycles. The number of ether oxygens (including phenoxy) is 1. The zero-order chi connectivity index (χ0) is 12.7. The van der Waals surface area contributed by atoms with Crippen molar-refractivity contribution in [2.75, 3.05) is 25.1 Å². The molecule has 0 aliphatic rings. The quantitative estimate of drug-likeness (QED) is 0.791. The molecule has 0 atom stereocenters. The minimum Gasteiger partial charge on any atom is -0.491 e. The smallest absolute Gasteiger partial charge is 0.305 e. The second-order valence-corrected chi connectivity index (χ2v) is 3.88. The van der Waals surface area contributed by atoms with Gasteiger partial charge in [-0.25, -0.2) is 0 Å². The lowest BCUT2D eigenvalue weighted by atomic mass is 10.2. The van der Waals surface area contributed by atoms with E-state index in [-0.39, 0.29) is 6.42 Å². The normalized spacial score (nSPS) is 10.0. The van der Waals surface area contributed by atoms with Crippen LogP contribution in [0.25, 0.3) is 0 Å². The highest BCUT2D eigenvalue weighted by molar-refractivity contribution is 5.68. The first-order valence-corrected chi connectivity index (χ1v) is 5.80. The van der Waals surface area contributed by atoms with Crippen molar-refractivity contribution in [1.82, 2.24) is 0 Å². The van der Waals surface area contributed by atoms with E-state index in [4.69, 9.17) is 9.84 Å². The van der Waals surface area contributed by atoms with E-state index in [0.29, 0.717) is 13.2 Å². The van der Waals surface area contributed by atoms with E-state index in [1.54, 1.807) is 0 Å². The van der Waals surface area contributed by atoms with Crippen LogP contribution in [0.3, 0.4) is 0 Å². The lowest BCUT2D eigenvalue weighted by Gasteiger charge is -2.21. The van der Waals surface area contributed by atoms with Crippen molar-refractivity contribution in [3.05, 3.63) is 24.3 Å². The van der Waals surface area contributed by atoms with Gasteiger partial charge in [-0.1, -0.05) is 19.1 Å². The van der Waals surface area contributed by atoms with Crippen LogP contribution < -0.4 is 9.64 Å². The molecule has 4 heteroatoms. The molecule has 1 aromatic carbocycles. The van der Waals surface area contributed by atoms with Gasteiger partial charge in [0.05, 0.1) is 18.7 Å². The Morgan fingerprint density at radius 3 is 2.76 bits per heavy atom. The Morgan fingerprint density at radius 2 is 2.12 bits per heavy atom. The molecule has 17 heavy (non-hydrogen) atoms. The van der Waals surface area contributed by atoms with Crippen LogP contribution in [0.4, 0.5) is 5.69 Å². The molecule has 0 spiro atoms. The molecular formula is C13H19NO3. The van der Waals surface area contributed by atoms with E-state index in [1.807, 2.05) is 36.2 Å². The van der Waals surface area contributed by atoms with E-state index in [0.717, 1.165) is 17.9 Å². The van der Waals surface area contributed by atoms with Gasteiger partial charge in [0.15, 0.2) is 0 Å². The molecule has 1 N–H and O–H groups in total. The standard InChI is InChI=1S/C13H19NO3/c1-3-10-17-12-7-5-4-6-11(12)14(2)9-8-13(15)16/h4-7H,3,8-10H2,1-2H3,(H,15,16). The number of nitrogens with zero attached hydrogens (tertiary/aromatic N) is 1. The molecule has 0 saturated carbocycles. The first-order valence-electron chi connectivity index (χ1n) is 5.80. The molecule has 94 valence electrons. The summed E-state index contributed by atoms with van der Waals surface area (Å²) in [7, 11) is 1.87. The fourth-order valence-electron chi connectivity index (χ4n) is 1.49. The maximum atomic E-state index is 10.5. The largest absolute Gasteiger partial charge is 0.491 e. The van der Waals surface area contributed by atoms with Crippen molar-refractivity contribution in [2.45, 2.75) is 19.8 Å². The summed E-state index contributed by atoms with van der Waals surface area (Å²) in [4.78, 5) is 12.4. The van der Waals surface area contributed by atoms with Crippen molar-refractivity contribution in [3.8, 4) is 5.75 Å². The molecule has 1 rings (SSSR count). The Balaban J connectivity index is 2.70. The number of carbonyl (C=O) groups is 1. The molecule has 4 nitrogen and oxygen atoms in total. The number of para-hydroxylation sites is 2. The van der Waals surface area contributed by atoms with Crippen molar-refractivity contribution >= 4 is 11.7 Å². The fourth-order valence-corrected chi connectivity index (χ4v) is 1.49. The van der Waals surface area contributed by atoms with Gasteiger partial charge in [-0.05, 0) is 18.6 Å². The van der Waals surface area contributed by atoms with Gasteiger partial charge in [-0.3, -0.25) is 4.79 Å². The highest BCUT2D eigenvalue weighted by Gasteiger charge is 2.09. The van der Waals surface area contributed by atoms with Gasteiger partial charge >= 0.3 is 5.97 Å². The summed E-state index contributed by atoms with van der Waals surface area (Å²) in [5.41, 5.74) is 0.933. The number of aliphatic carboxylic acids is 1. The number of carboxylic acids is 1. The lowest BCUT2D eigenvalue weighted by molar-refractivity contribution is -0.136. The van der Waals surface area contributed by atoms with Gasteiger partial charge < -0.3 is 14.7 Å². The summed E-state index contributed by atoms with van der Waals surface area (Å²) in [6.45, 7) is 3.20. The first-order chi connectivity index (χ1) is 8.15. The molecule has 0 heterocycles. The summed E-state index contributed by atoms with van der Waals surface area (Å²) in [6, 6.07) is 7.68. The molecule has 0 saturated heterocycles. The van der Waals surface area contributed by atoms with E-state index >= 15 is 0 Å². The third-order valence-corrected chi connectivity index (χ3v) is 2.40. The molecule has 1 aromatic rings. The maximum absolute atomic E-state index is 10.5. The lowest BCUT2D eigenvalue weighted by Crippen LogP contribution is -2.21. The minimum atomic E-state index is -0.788. The van der Waals surface area contributed by atoms with Gasteiger partial charge in [0.1, 0.15) is 5.75 Å². The van der Waals surface area contributed by atoms with Crippen molar-refractivity contribution < 1.29 is 14.6 Å². The highest BCUT2D eigenvalue weighted by Crippen LogP contribution is 2.27. The molecule has 0 amide bonds. The summed E-state index contributed by atoms with van der Waals surface area (Å²) in [5.74, 6) is 0.0195. The van der Waals surface area contributed by atoms with Gasteiger partial charge in [-0.2, -0.15) is 0 Å². The summed E-state index contributed by atoms with van der Waals surface area (Å²) >= 11 is 0. The monoisotopic (exact) mass is 237 g/mol. The van der Waals surface area contributed by atoms with Crippen molar-refractivity contribution in [3.63, 3.8) is 0 Å². The third kappa shape index (κ3) is 4.34. The van der Waals surface area contributed by atoms with E-state index in [2.05, 4.69) is 6.92 Å². The molecule has 0 aliphatic heterocycles. The predicted octanol–water partition coefficient (Wildman–Crippen LogP) is 2.39. The minimum absolute atomic E-state index is 0.124. The van der Waals surface area contributed by atoms with E-state index < -0.39 is 5.97 Å². The average Bonchev–Trinajstić information content (AvgIpc) is 2.33. The Kier molecular flexibility index (Phi) is 5.33. The number of hydrogen-bond acceptors (Lipinski definition) is 3. The molecular weight excluding hydrogens is 218 g/mol. The molecule has 0 fully saturated rings. The zero-order valence-corrected chi connectivity index (χ0v) is 10.3. The first kappa shape index (κ1) is 13.4. The highest BCUT2D eigenvalue weighted by atomic mass is 16.5. The van der Waals surface area contributed by atoms with Crippen LogP contribution in [-0.2, 0) is 4.79 Å². The van der Waals surface area contributed by atoms with Crippen LogP contribution in [-0.4, -0.2) is 31.3 Å². The van der Waals surface area contributed by atoms with Crippen LogP contribution in [0.5, 0.6) is 5.75 Å². The number of benzene rings is 1. The summed E-state index contributed by atoms with van der Waals surface area (Å²) in [5, 5.41) is 8.66. The van der Waals surface area contributed by atoms with E-state index in [9.17, 15) is 4.79 Å². The number of hydrogen-bond donors (Lipinski definition) is 1. The van der Waals surface area contributed by atoms with Gasteiger partial charge in [0, 0.05) is 13.6 Å². The van der Waals surface area contributed by atoms with Gasteiger partial charge in [-0.15, -0.1) is 0 Å². The number of carboxylic acid groups (broad SMARTS) is 1. The Labute approximate surface area is 102 Å². The zero-order valence-electron chi connectivity index (χ0n) is 10.3. The Bertz CT molecular complexity index is 365. The van der Waals surface area contributed by atoms with Crippen molar-refractivity contribution in [1.29, 1.82) is 0 Å². The van der Waals surface area contributed by atoms with Crippen LogP contribution in [0.15, 0.2) is 24.3 Å². The number of rotatable bonds is 7. The Morgan fingerprint density at radius 1 is 1.41 bits per heavy atom. The van der Waals surface area contributed by atoms with Crippen molar-refractivity contribution in [2.24, 2.45) is 0 Å². The van der Waals surface area contributed by atoms with Crippen LogP contribution in [0.1, 0.15) is 19.8 Å². The van der Waals surface area contributed by atoms with Crippen LogP contribution >= 0.6 is 0 Å². The summed E-state index contributed by atoms with van der Waals surface area (Å²) < 4.78 is 5.63. The van der Waals surface area contributed by atoms with Gasteiger partial charge in [0.2, 0.25) is 0 Å². The molecule has 0 radical (unpaired) electrons. The molecule has 0 aliphatic carbocycles. The topological polar surface area (TPSA) is 49.8 Å². The predicted molar refractivity (Wildman–Crippen MR) is 67.8 cm³/mol. The Hall–Kier alpha value is -1.71. The SMILES string of the molecule is CCCOc1ccccc1N(C)CCC(=O)O. The van der Waals surface area contributed by atoms with Crippen LogP contribution in [0, 0.1) is 0 Å². The van der Waals surface area contributed by atoms with Gasteiger partial charge in [0.25, 0.3) is 0 Å². The number of anilines is 1. The second kappa shape index (κ2) is 6.78. The van der Waals surface area contributed by atoms with Crippen LogP contribution in [0.2, 0.25) is 0 Å². The third-order valence-electron chi connectivity index (χ3n) is 2.40. The molecule has 0 bridgehead atoms. The average molecular weight is 237 g/mol. The second-order valence-electron chi connectivity index (χ2n) is 3.88. The fraction of sp³-hybridized carbons (Fsp3) is 0.462.